The highest BCUT2D eigenvalue weighted by Gasteiger charge is 2.09. The van der Waals surface area contributed by atoms with Crippen molar-refractivity contribution in [3.63, 3.8) is 0 Å². The fourth-order valence-corrected chi connectivity index (χ4v) is 3.18. The molecule has 2 heteroatoms. The van der Waals surface area contributed by atoms with E-state index in [9.17, 15) is 0 Å². The van der Waals surface area contributed by atoms with E-state index in [1.54, 1.807) is 0 Å². The van der Waals surface area contributed by atoms with Gasteiger partial charge >= 0.3 is 0 Å². The molecule has 0 amide bonds. The van der Waals surface area contributed by atoms with Gasteiger partial charge in [0.05, 0.1) is 5.69 Å². The van der Waals surface area contributed by atoms with Crippen molar-refractivity contribution in [2.24, 2.45) is 0 Å². The monoisotopic (exact) mass is 377 g/mol. The average Bonchev–Trinajstić information content (AvgIpc) is 2.63. The second kappa shape index (κ2) is 8.51. The molecule has 0 saturated carbocycles. The Balaban J connectivity index is 1.79. The summed E-state index contributed by atoms with van der Waals surface area (Å²) < 4.78 is 1.12. The van der Waals surface area contributed by atoms with Crippen molar-refractivity contribution < 1.29 is 0 Å². The van der Waals surface area contributed by atoms with Crippen molar-refractivity contribution in [1.82, 2.24) is 0 Å². The number of para-hydroxylation sites is 1. The number of rotatable bonds is 6. The van der Waals surface area contributed by atoms with Crippen LogP contribution in [-0.2, 0) is 6.54 Å². The predicted molar refractivity (Wildman–Crippen MR) is 107 cm³/mol. The first kappa shape index (κ1) is 16.5. The van der Waals surface area contributed by atoms with E-state index in [4.69, 9.17) is 0 Å². The zero-order chi connectivity index (χ0) is 16.6. The van der Waals surface area contributed by atoms with Crippen LogP contribution >= 0.6 is 15.9 Å². The second-order valence-electron chi connectivity index (χ2n) is 5.63. The van der Waals surface area contributed by atoms with Crippen molar-refractivity contribution in [2.75, 3.05) is 11.4 Å². The van der Waals surface area contributed by atoms with Gasteiger partial charge in [0.1, 0.15) is 0 Å². The van der Waals surface area contributed by atoms with Gasteiger partial charge in [0, 0.05) is 17.6 Å². The Bertz CT molecular complexity index is 781. The number of anilines is 1. The van der Waals surface area contributed by atoms with Crippen LogP contribution in [0.2, 0.25) is 0 Å². The molecule has 3 aromatic rings. The smallest absolute Gasteiger partial charge is 0.0516 e. The van der Waals surface area contributed by atoms with Crippen LogP contribution in [0.5, 0.6) is 0 Å². The highest BCUT2D eigenvalue weighted by molar-refractivity contribution is 9.10. The van der Waals surface area contributed by atoms with Crippen LogP contribution in [0, 0.1) is 0 Å². The van der Waals surface area contributed by atoms with E-state index in [1.807, 2.05) is 12.1 Å². The molecule has 0 aliphatic rings. The Kier molecular flexibility index (Phi) is 5.86. The molecule has 0 saturated heterocycles. The van der Waals surface area contributed by atoms with Gasteiger partial charge in [-0.2, -0.15) is 0 Å². The molecular formula is C22H20BrN. The standard InChI is InChI=1S/C22H20BrN/c23-21-15-7-8-16-22(21)24(18-20-12-5-2-6-13-20)17-9-14-19-10-3-1-4-11-19/h1-16H,17-18H2/b14-9-. The molecule has 3 rings (SSSR count). The summed E-state index contributed by atoms with van der Waals surface area (Å²) >= 11 is 3.68. The van der Waals surface area contributed by atoms with Crippen molar-refractivity contribution >= 4 is 27.7 Å². The third-order valence-electron chi connectivity index (χ3n) is 3.85. The Hall–Kier alpha value is -2.32. The van der Waals surface area contributed by atoms with Crippen molar-refractivity contribution in [3.8, 4) is 0 Å². The first-order valence-electron chi connectivity index (χ1n) is 8.08. The molecule has 0 atom stereocenters. The molecule has 0 radical (unpaired) electrons. The lowest BCUT2D eigenvalue weighted by Gasteiger charge is -2.25. The van der Waals surface area contributed by atoms with Crippen molar-refractivity contribution in [2.45, 2.75) is 6.54 Å². The van der Waals surface area contributed by atoms with Gasteiger partial charge in [-0.05, 0) is 39.2 Å². The summed E-state index contributed by atoms with van der Waals surface area (Å²) in [6.07, 6.45) is 4.40. The minimum Gasteiger partial charge on any atom is -0.363 e. The molecule has 0 unspecified atom stereocenters. The molecule has 1 nitrogen and oxygen atoms in total. The van der Waals surface area contributed by atoms with Crippen molar-refractivity contribution in [1.29, 1.82) is 0 Å². The highest BCUT2D eigenvalue weighted by atomic mass is 79.9. The van der Waals surface area contributed by atoms with Crippen LogP contribution in [0.4, 0.5) is 5.69 Å². The Morgan fingerprint density at radius 2 is 1.38 bits per heavy atom. The molecule has 0 heterocycles. The van der Waals surface area contributed by atoms with Gasteiger partial charge < -0.3 is 4.90 Å². The van der Waals surface area contributed by atoms with Gasteiger partial charge in [0.15, 0.2) is 0 Å². The highest BCUT2D eigenvalue weighted by Crippen LogP contribution is 2.27. The lowest BCUT2D eigenvalue weighted by atomic mass is 10.2. The zero-order valence-corrected chi connectivity index (χ0v) is 15.1. The van der Waals surface area contributed by atoms with Crippen LogP contribution in [-0.4, -0.2) is 6.54 Å². The van der Waals surface area contributed by atoms with Crippen LogP contribution in [0.1, 0.15) is 11.1 Å². The molecule has 0 bridgehead atoms. The Labute approximate surface area is 152 Å². The molecule has 24 heavy (non-hydrogen) atoms. The molecular weight excluding hydrogens is 358 g/mol. The number of hydrogen-bond donors (Lipinski definition) is 0. The summed E-state index contributed by atoms with van der Waals surface area (Å²) in [6, 6.07) is 29.4. The van der Waals surface area contributed by atoms with Gasteiger partial charge in [0.2, 0.25) is 0 Å². The third-order valence-corrected chi connectivity index (χ3v) is 4.52. The first-order valence-corrected chi connectivity index (χ1v) is 8.87. The fourth-order valence-electron chi connectivity index (χ4n) is 2.64. The van der Waals surface area contributed by atoms with E-state index in [2.05, 4.69) is 106 Å². The van der Waals surface area contributed by atoms with Gasteiger partial charge in [-0.25, -0.2) is 0 Å². The van der Waals surface area contributed by atoms with E-state index < -0.39 is 0 Å². The van der Waals surface area contributed by atoms with Crippen LogP contribution < -0.4 is 4.90 Å². The normalized spacial score (nSPS) is 10.9. The lowest BCUT2D eigenvalue weighted by molar-refractivity contribution is 0.866. The van der Waals surface area contributed by atoms with Crippen LogP contribution in [0.15, 0.2) is 95.5 Å². The molecule has 120 valence electrons. The Morgan fingerprint density at radius 1 is 0.750 bits per heavy atom. The van der Waals surface area contributed by atoms with E-state index in [-0.39, 0.29) is 0 Å². The Morgan fingerprint density at radius 3 is 2.08 bits per heavy atom. The number of hydrogen-bond acceptors (Lipinski definition) is 1. The van der Waals surface area contributed by atoms with Gasteiger partial charge in [0.25, 0.3) is 0 Å². The molecule has 0 aliphatic carbocycles. The van der Waals surface area contributed by atoms with Gasteiger partial charge in [-0.3, -0.25) is 0 Å². The van der Waals surface area contributed by atoms with Crippen LogP contribution in [0.25, 0.3) is 6.08 Å². The van der Waals surface area contributed by atoms with Crippen LogP contribution in [0.3, 0.4) is 0 Å². The van der Waals surface area contributed by atoms with E-state index in [1.165, 1.54) is 16.8 Å². The topological polar surface area (TPSA) is 3.24 Å². The lowest BCUT2D eigenvalue weighted by Crippen LogP contribution is -2.23. The van der Waals surface area contributed by atoms with Gasteiger partial charge in [-0.15, -0.1) is 0 Å². The predicted octanol–water partition coefficient (Wildman–Crippen LogP) is 6.17. The quantitative estimate of drug-likeness (QED) is 0.496. The maximum Gasteiger partial charge on any atom is 0.0516 e. The van der Waals surface area contributed by atoms with E-state index >= 15 is 0 Å². The molecule has 0 spiro atoms. The number of halogens is 1. The summed E-state index contributed by atoms with van der Waals surface area (Å²) in [4.78, 5) is 2.37. The molecule has 0 N–H and O–H groups in total. The molecule has 3 aromatic carbocycles. The zero-order valence-electron chi connectivity index (χ0n) is 13.5. The summed E-state index contributed by atoms with van der Waals surface area (Å²) in [5, 5.41) is 0. The minimum atomic E-state index is 0.854. The number of benzene rings is 3. The largest absolute Gasteiger partial charge is 0.363 e. The minimum absolute atomic E-state index is 0.854. The fraction of sp³-hybridized carbons (Fsp3) is 0.0909. The molecule has 0 aromatic heterocycles. The van der Waals surface area contributed by atoms with E-state index in [0.29, 0.717) is 0 Å². The average molecular weight is 378 g/mol. The summed E-state index contributed by atoms with van der Waals surface area (Å²) in [6.45, 7) is 1.73. The summed E-state index contributed by atoms with van der Waals surface area (Å²) in [5.74, 6) is 0. The van der Waals surface area contributed by atoms with E-state index in [0.717, 1.165) is 17.6 Å². The number of nitrogens with zero attached hydrogens (tertiary/aromatic N) is 1. The third kappa shape index (κ3) is 4.59. The van der Waals surface area contributed by atoms with Gasteiger partial charge in [-0.1, -0.05) is 84.9 Å². The molecule has 0 fully saturated rings. The van der Waals surface area contributed by atoms with Crippen molar-refractivity contribution in [3.05, 3.63) is 107 Å². The SMILES string of the molecule is Brc1ccccc1N(C/C=C\c1ccccc1)Cc1ccccc1. The second-order valence-corrected chi connectivity index (χ2v) is 6.48. The maximum absolute atomic E-state index is 3.68. The summed E-state index contributed by atoms with van der Waals surface area (Å²) in [5.41, 5.74) is 3.74. The maximum atomic E-state index is 3.68. The molecule has 0 aliphatic heterocycles. The summed E-state index contributed by atoms with van der Waals surface area (Å²) in [7, 11) is 0. The first-order chi connectivity index (χ1) is 11.8.